The summed E-state index contributed by atoms with van der Waals surface area (Å²) < 4.78 is 10.9. The number of nitrogens with zero attached hydrogens (tertiary/aromatic N) is 1. The number of aliphatic hydroxyl groups is 1. The quantitative estimate of drug-likeness (QED) is 0.871. The minimum atomic E-state index is -0.649. The van der Waals surface area contributed by atoms with Crippen LogP contribution in [0.3, 0.4) is 0 Å². The van der Waals surface area contributed by atoms with Crippen LogP contribution in [0.1, 0.15) is 16.3 Å². The first-order valence-corrected chi connectivity index (χ1v) is 8.52. The number of aliphatic hydroxyl groups excluding tert-OH is 1. The summed E-state index contributed by atoms with van der Waals surface area (Å²) in [6.07, 6.45) is -0.649. The summed E-state index contributed by atoms with van der Waals surface area (Å²) >= 11 is 1.66. The molecule has 0 radical (unpaired) electrons. The molecule has 23 heavy (non-hydrogen) atoms. The van der Waals surface area contributed by atoms with Gasteiger partial charge in [0.25, 0.3) is 5.91 Å². The Morgan fingerprint density at radius 3 is 2.91 bits per heavy atom. The molecule has 6 heteroatoms. The monoisotopic (exact) mass is 333 g/mol. The van der Waals surface area contributed by atoms with Gasteiger partial charge in [-0.2, -0.15) is 0 Å². The summed E-state index contributed by atoms with van der Waals surface area (Å²) in [6.45, 7) is 1.43. The second kappa shape index (κ2) is 7.68. The lowest BCUT2D eigenvalue weighted by atomic mass is 10.3. The largest absolute Gasteiger partial charge is 0.455 e. The molecule has 1 aliphatic heterocycles. The predicted molar refractivity (Wildman–Crippen MR) is 87.4 cm³/mol. The Morgan fingerprint density at radius 1 is 1.26 bits per heavy atom. The maximum Gasteiger partial charge on any atom is 0.289 e. The van der Waals surface area contributed by atoms with Crippen LogP contribution in [-0.2, 0) is 10.5 Å². The molecule has 5 nitrogen and oxygen atoms in total. The summed E-state index contributed by atoms with van der Waals surface area (Å²) in [4.78, 5) is 15.2. The van der Waals surface area contributed by atoms with Gasteiger partial charge in [0.15, 0.2) is 5.76 Å². The highest BCUT2D eigenvalue weighted by molar-refractivity contribution is 7.98. The maximum absolute atomic E-state index is 12.4. The highest BCUT2D eigenvalue weighted by atomic mass is 32.2. The fourth-order valence-electron chi connectivity index (χ4n) is 2.37. The third-order valence-electron chi connectivity index (χ3n) is 3.53. The lowest BCUT2D eigenvalue weighted by Crippen LogP contribution is -2.37. The van der Waals surface area contributed by atoms with Crippen LogP contribution in [0.2, 0.25) is 0 Å². The standard InChI is InChI=1S/C17H19NO4S/c19-13-10-18(8-9-21-11-13)17(20)16-7-6-14(22-16)12-23-15-4-2-1-3-5-15/h1-7,13,19H,8-12H2/t13-/m1/s1. The van der Waals surface area contributed by atoms with Crippen LogP contribution >= 0.6 is 11.8 Å². The number of benzene rings is 1. The number of hydrogen-bond donors (Lipinski definition) is 1. The Hall–Kier alpha value is -1.76. The number of rotatable bonds is 4. The molecular formula is C17H19NO4S. The number of β-amino-alcohol motifs (C(OH)–C–C–N with tert-alkyl or cyclic N) is 1. The summed E-state index contributed by atoms with van der Waals surface area (Å²) in [5.74, 6) is 1.53. The zero-order chi connectivity index (χ0) is 16.1. The maximum atomic E-state index is 12.4. The SMILES string of the molecule is O=C(c1ccc(CSc2ccccc2)o1)N1CCOC[C@H](O)C1. The van der Waals surface area contributed by atoms with Gasteiger partial charge in [-0.05, 0) is 24.3 Å². The highest BCUT2D eigenvalue weighted by Crippen LogP contribution is 2.23. The summed E-state index contributed by atoms with van der Waals surface area (Å²) in [5.41, 5.74) is 0. The number of furan rings is 1. The molecule has 1 amide bonds. The molecule has 0 aliphatic carbocycles. The first-order chi connectivity index (χ1) is 11.2. The van der Waals surface area contributed by atoms with Crippen LogP contribution in [0, 0.1) is 0 Å². The molecule has 0 unspecified atom stereocenters. The van der Waals surface area contributed by atoms with E-state index in [4.69, 9.17) is 9.15 Å². The van der Waals surface area contributed by atoms with Crippen LogP contribution in [-0.4, -0.2) is 48.3 Å². The number of thioether (sulfide) groups is 1. The van der Waals surface area contributed by atoms with Gasteiger partial charge in [-0.25, -0.2) is 0 Å². The molecule has 122 valence electrons. The van der Waals surface area contributed by atoms with Crippen LogP contribution in [0.5, 0.6) is 0 Å². The Bertz CT molecular complexity index is 643. The number of carbonyl (C=O) groups is 1. The van der Waals surface area contributed by atoms with E-state index in [-0.39, 0.29) is 19.1 Å². The van der Waals surface area contributed by atoms with Gasteiger partial charge in [0, 0.05) is 18.0 Å². The molecule has 1 aromatic heterocycles. The highest BCUT2D eigenvalue weighted by Gasteiger charge is 2.24. The van der Waals surface area contributed by atoms with Crippen molar-refractivity contribution in [3.63, 3.8) is 0 Å². The van der Waals surface area contributed by atoms with Crippen molar-refractivity contribution in [1.82, 2.24) is 4.90 Å². The molecule has 1 N–H and O–H groups in total. The van der Waals surface area contributed by atoms with Gasteiger partial charge in [0.05, 0.1) is 25.1 Å². The summed E-state index contributed by atoms with van der Waals surface area (Å²) in [5, 5.41) is 9.72. The van der Waals surface area contributed by atoms with Gasteiger partial charge in [-0.1, -0.05) is 18.2 Å². The molecule has 0 saturated carbocycles. The van der Waals surface area contributed by atoms with Gasteiger partial charge < -0.3 is 19.2 Å². The number of carbonyl (C=O) groups excluding carboxylic acids is 1. The second-order valence-electron chi connectivity index (χ2n) is 5.35. The molecule has 2 aromatic rings. The fraction of sp³-hybridized carbons (Fsp3) is 0.353. The van der Waals surface area contributed by atoms with E-state index < -0.39 is 6.10 Å². The van der Waals surface area contributed by atoms with Gasteiger partial charge in [0.1, 0.15) is 5.76 Å². The lowest BCUT2D eigenvalue weighted by Gasteiger charge is -2.19. The molecule has 1 saturated heterocycles. The molecule has 0 bridgehead atoms. The van der Waals surface area contributed by atoms with E-state index in [1.54, 1.807) is 22.7 Å². The summed E-state index contributed by atoms with van der Waals surface area (Å²) in [6, 6.07) is 13.6. The van der Waals surface area contributed by atoms with Crippen molar-refractivity contribution < 1.29 is 19.1 Å². The molecule has 2 heterocycles. The first-order valence-electron chi connectivity index (χ1n) is 7.54. The van der Waals surface area contributed by atoms with E-state index in [1.807, 2.05) is 36.4 Å². The third kappa shape index (κ3) is 4.37. The minimum absolute atomic E-state index is 0.203. The van der Waals surface area contributed by atoms with Crippen molar-refractivity contribution in [3.8, 4) is 0 Å². The Balaban J connectivity index is 1.60. The van der Waals surface area contributed by atoms with Crippen molar-refractivity contribution in [1.29, 1.82) is 0 Å². The third-order valence-corrected chi connectivity index (χ3v) is 4.57. The Kier molecular flexibility index (Phi) is 5.38. The molecular weight excluding hydrogens is 314 g/mol. The van der Waals surface area contributed by atoms with Gasteiger partial charge in [-0.15, -0.1) is 11.8 Å². The van der Waals surface area contributed by atoms with E-state index in [0.717, 1.165) is 10.7 Å². The topological polar surface area (TPSA) is 62.9 Å². The smallest absolute Gasteiger partial charge is 0.289 e. The van der Waals surface area contributed by atoms with E-state index >= 15 is 0 Å². The van der Waals surface area contributed by atoms with E-state index in [9.17, 15) is 9.90 Å². The van der Waals surface area contributed by atoms with Crippen LogP contribution in [0.15, 0.2) is 51.8 Å². The first kappa shape index (κ1) is 16.1. The minimum Gasteiger partial charge on any atom is -0.455 e. The molecule has 1 aliphatic rings. The number of hydrogen-bond acceptors (Lipinski definition) is 5. The van der Waals surface area contributed by atoms with Crippen molar-refractivity contribution in [2.45, 2.75) is 16.8 Å². The Labute approximate surface area is 139 Å². The normalized spacial score (nSPS) is 18.7. The average Bonchev–Trinajstić information content (AvgIpc) is 2.94. The fourth-order valence-corrected chi connectivity index (χ4v) is 3.19. The van der Waals surface area contributed by atoms with E-state index in [2.05, 4.69) is 0 Å². The molecule has 1 atom stereocenters. The van der Waals surface area contributed by atoms with Gasteiger partial charge in [-0.3, -0.25) is 4.79 Å². The van der Waals surface area contributed by atoms with Crippen molar-refractivity contribution in [2.75, 3.05) is 26.3 Å². The molecule has 3 rings (SSSR count). The van der Waals surface area contributed by atoms with Crippen molar-refractivity contribution in [2.24, 2.45) is 0 Å². The van der Waals surface area contributed by atoms with Crippen molar-refractivity contribution >= 4 is 17.7 Å². The zero-order valence-electron chi connectivity index (χ0n) is 12.7. The summed E-state index contributed by atoms with van der Waals surface area (Å²) in [7, 11) is 0. The Morgan fingerprint density at radius 2 is 2.09 bits per heavy atom. The number of ether oxygens (including phenoxy) is 1. The molecule has 1 aromatic carbocycles. The van der Waals surface area contributed by atoms with Gasteiger partial charge >= 0.3 is 0 Å². The molecule has 1 fully saturated rings. The average molecular weight is 333 g/mol. The van der Waals surface area contributed by atoms with E-state index in [1.165, 1.54) is 0 Å². The van der Waals surface area contributed by atoms with E-state index in [0.29, 0.717) is 24.7 Å². The van der Waals surface area contributed by atoms with Crippen molar-refractivity contribution in [3.05, 3.63) is 54.0 Å². The molecule has 0 spiro atoms. The number of amides is 1. The second-order valence-corrected chi connectivity index (χ2v) is 6.40. The predicted octanol–water partition coefficient (Wildman–Crippen LogP) is 2.41. The van der Waals surface area contributed by atoms with Crippen LogP contribution in [0.25, 0.3) is 0 Å². The van der Waals surface area contributed by atoms with Crippen LogP contribution < -0.4 is 0 Å². The van der Waals surface area contributed by atoms with Crippen LogP contribution in [0.4, 0.5) is 0 Å². The lowest BCUT2D eigenvalue weighted by molar-refractivity contribution is 0.0525. The van der Waals surface area contributed by atoms with Gasteiger partial charge in [0.2, 0.25) is 0 Å². The zero-order valence-corrected chi connectivity index (χ0v) is 13.5.